The molecular weight excluding hydrogens is 304 g/mol. The number of imidazole rings is 1. The average molecular weight is 328 g/mol. The predicted molar refractivity (Wildman–Crippen MR) is 93.7 cm³/mol. The molecule has 0 spiro atoms. The molecule has 1 aromatic heterocycles. The second-order valence-electron chi connectivity index (χ2n) is 6.49. The third-order valence-electron chi connectivity index (χ3n) is 4.67. The molecule has 2 N–H and O–H groups in total. The van der Waals surface area contributed by atoms with E-state index in [-0.39, 0.29) is 17.7 Å². The van der Waals surface area contributed by atoms with Crippen LogP contribution in [-0.4, -0.2) is 27.9 Å². The van der Waals surface area contributed by atoms with Gasteiger partial charge in [0.2, 0.25) is 11.8 Å². The van der Waals surface area contributed by atoms with Gasteiger partial charge in [0.15, 0.2) is 0 Å². The Bertz CT molecular complexity index is 760. The maximum Gasteiger partial charge on any atom is 0.223 e. The lowest BCUT2D eigenvalue weighted by molar-refractivity contribution is -0.124. The van der Waals surface area contributed by atoms with Crippen LogP contribution in [0.25, 0.3) is 11.0 Å². The van der Waals surface area contributed by atoms with E-state index < -0.39 is 0 Å². The zero-order valence-corrected chi connectivity index (χ0v) is 14.3. The van der Waals surface area contributed by atoms with Crippen molar-refractivity contribution in [1.82, 2.24) is 14.9 Å². The summed E-state index contributed by atoms with van der Waals surface area (Å²) in [5, 5.41) is 5.80. The van der Waals surface area contributed by atoms with Gasteiger partial charge in [-0.25, -0.2) is 4.98 Å². The highest BCUT2D eigenvalue weighted by Gasteiger charge is 2.22. The number of anilines is 1. The largest absolute Gasteiger partial charge is 0.355 e. The number of aromatic nitrogens is 2. The van der Waals surface area contributed by atoms with Crippen LogP contribution in [0.3, 0.4) is 0 Å². The van der Waals surface area contributed by atoms with E-state index in [9.17, 15) is 9.59 Å². The highest BCUT2D eigenvalue weighted by molar-refractivity contribution is 5.91. The monoisotopic (exact) mass is 328 g/mol. The van der Waals surface area contributed by atoms with E-state index in [4.69, 9.17) is 0 Å². The quantitative estimate of drug-likeness (QED) is 0.885. The molecular formula is C18H24N4O2. The van der Waals surface area contributed by atoms with Crippen molar-refractivity contribution in [3.8, 4) is 0 Å². The molecule has 1 aliphatic rings. The van der Waals surface area contributed by atoms with Gasteiger partial charge < -0.3 is 15.2 Å². The Morgan fingerprint density at radius 2 is 2.04 bits per heavy atom. The smallest absolute Gasteiger partial charge is 0.223 e. The molecule has 0 atom stereocenters. The molecule has 1 aliphatic carbocycles. The minimum Gasteiger partial charge on any atom is -0.355 e. The van der Waals surface area contributed by atoms with E-state index >= 15 is 0 Å². The van der Waals surface area contributed by atoms with Gasteiger partial charge in [-0.3, -0.25) is 9.59 Å². The number of benzene rings is 1. The van der Waals surface area contributed by atoms with Crippen LogP contribution in [0.15, 0.2) is 18.2 Å². The van der Waals surface area contributed by atoms with Gasteiger partial charge in [0.1, 0.15) is 5.82 Å². The summed E-state index contributed by atoms with van der Waals surface area (Å²) in [6.07, 6.45) is 5.06. The van der Waals surface area contributed by atoms with Crippen LogP contribution in [0.1, 0.15) is 38.4 Å². The van der Waals surface area contributed by atoms with Crippen LogP contribution >= 0.6 is 0 Å². The number of rotatable bonds is 5. The second kappa shape index (κ2) is 7.03. The van der Waals surface area contributed by atoms with Gasteiger partial charge in [0, 0.05) is 38.5 Å². The van der Waals surface area contributed by atoms with Gasteiger partial charge in [0.05, 0.1) is 11.0 Å². The number of nitrogens with one attached hydrogen (secondary N) is 2. The fourth-order valence-electron chi connectivity index (χ4n) is 3.38. The van der Waals surface area contributed by atoms with Crippen molar-refractivity contribution in [2.75, 3.05) is 11.9 Å². The van der Waals surface area contributed by atoms with E-state index in [1.807, 2.05) is 29.8 Å². The minimum atomic E-state index is -0.0971. The van der Waals surface area contributed by atoms with Crippen LogP contribution in [0.4, 0.5) is 5.69 Å². The summed E-state index contributed by atoms with van der Waals surface area (Å²) in [5.74, 6) is 1.21. The van der Waals surface area contributed by atoms with Crippen LogP contribution in [0.5, 0.6) is 0 Å². The Labute approximate surface area is 141 Å². The highest BCUT2D eigenvalue weighted by Crippen LogP contribution is 2.24. The molecule has 24 heavy (non-hydrogen) atoms. The zero-order chi connectivity index (χ0) is 17.1. The van der Waals surface area contributed by atoms with E-state index in [2.05, 4.69) is 15.6 Å². The van der Waals surface area contributed by atoms with Crippen molar-refractivity contribution in [2.45, 2.75) is 39.0 Å². The summed E-state index contributed by atoms with van der Waals surface area (Å²) in [6, 6.07) is 5.70. The maximum atomic E-state index is 12.1. The topological polar surface area (TPSA) is 76.0 Å². The SMILES string of the molecule is CC(=O)Nc1ccc2c(c1)nc(CCNC(=O)C1CCCC1)n2C. The molecule has 1 aromatic carbocycles. The molecule has 2 aromatic rings. The fourth-order valence-corrected chi connectivity index (χ4v) is 3.38. The Balaban J connectivity index is 1.64. The molecule has 1 saturated carbocycles. The minimum absolute atomic E-state index is 0.0971. The van der Waals surface area contributed by atoms with Crippen LogP contribution in [-0.2, 0) is 23.1 Å². The molecule has 0 radical (unpaired) electrons. The van der Waals surface area contributed by atoms with Crippen LogP contribution in [0.2, 0.25) is 0 Å². The zero-order valence-electron chi connectivity index (χ0n) is 14.3. The number of hydrogen-bond acceptors (Lipinski definition) is 3. The number of carbonyl (C=O) groups excluding carboxylic acids is 2. The van der Waals surface area contributed by atoms with E-state index in [0.29, 0.717) is 13.0 Å². The predicted octanol–water partition coefficient (Wildman–Crippen LogP) is 2.38. The Hall–Kier alpha value is -2.37. The number of amides is 2. The summed E-state index contributed by atoms with van der Waals surface area (Å²) in [4.78, 5) is 27.9. The second-order valence-corrected chi connectivity index (χ2v) is 6.49. The summed E-state index contributed by atoms with van der Waals surface area (Å²) in [7, 11) is 1.97. The van der Waals surface area contributed by atoms with Gasteiger partial charge in [-0.1, -0.05) is 12.8 Å². The van der Waals surface area contributed by atoms with Gasteiger partial charge >= 0.3 is 0 Å². The molecule has 6 heteroatoms. The van der Waals surface area contributed by atoms with Crippen LogP contribution < -0.4 is 10.6 Å². The first-order valence-corrected chi connectivity index (χ1v) is 8.55. The highest BCUT2D eigenvalue weighted by atomic mass is 16.2. The van der Waals surface area contributed by atoms with Crippen molar-refractivity contribution in [2.24, 2.45) is 13.0 Å². The molecule has 2 amide bonds. The summed E-state index contributed by atoms with van der Waals surface area (Å²) in [5.41, 5.74) is 2.61. The number of hydrogen-bond donors (Lipinski definition) is 2. The lowest BCUT2D eigenvalue weighted by atomic mass is 10.1. The maximum absolute atomic E-state index is 12.1. The van der Waals surface area contributed by atoms with Gasteiger partial charge in [-0.15, -0.1) is 0 Å². The van der Waals surface area contributed by atoms with E-state index in [1.165, 1.54) is 19.8 Å². The molecule has 6 nitrogen and oxygen atoms in total. The Morgan fingerprint density at radius 1 is 1.29 bits per heavy atom. The van der Waals surface area contributed by atoms with E-state index in [1.54, 1.807) is 0 Å². The van der Waals surface area contributed by atoms with Crippen molar-refractivity contribution in [1.29, 1.82) is 0 Å². The molecule has 0 unspecified atom stereocenters. The number of fused-ring (bicyclic) bond motifs is 1. The average Bonchev–Trinajstić information content (AvgIpc) is 3.16. The molecule has 0 bridgehead atoms. The van der Waals surface area contributed by atoms with Gasteiger partial charge in [-0.2, -0.15) is 0 Å². The molecule has 128 valence electrons. The normalized spacial score (nSPS) is 14.9. The number of carbonyl (C=O) groups is 2. The first kappa shape index (κ1) is 16.5. The number of aryl methyl sites for hydroxylation is 1. The lowest BCUT2D eigenvalue weighted by Gasteiger charge is -2.10. The molecule has 1 heterocycles. The first-order valence-electron chi connectivity index (χ1n) is 8.55. The van der Waals surface area contributed by atoms with Crippen molar-refractivity contribution in [3.63, 3.8) is 0 Å². The summed E-state index contributed by atoms with van der Waals surface area (Å²) >= 11 is 0. The van der Waals surface area contributed by atoms with Crippen molar-refractivity contribution < 1.29 is 9.59 Å². The molecule has 1 fully saturated rings. The lowest BCUT2D eigenvalue weighted by Crippen LogP contribution is -2.31. The summed E-state index contributed by atoms with van der Waals surface area (Å²) in [6.45, 7) is 2.09. The van der Waals surface area contributed by atoms with Crippen molar-refractivity contribution >= 4 is 28.5 Å². The third-order valence-corrected chi connectivity index (χ3v) is 4.67. The van der Waals surface area contributed by atoms with E-state index in [0.717, 1.165) is 35.4 Å². The summed E-state index contributed by atoms with van der Waals surface area (Å²) < 4.78 is 2.04. The third kappa shape index (κ3) is 3.58. The van der Waals surface area contributed by atoms with Gasteiger partial charge in [-0.05, 0) is 31.0 Å². The molecule has 0 saturated heterocycles. The fraction of sp³-hybridized carbons (Fsp3) is 0.500. The Morgan fingerprint density at radius 3 is 2.75 bits per heavy atom. The Kier molecular flexibility index (Phi) is 4.83. The van der Waals surface area contributed by atoms with Crippen LogP contribution in [0, 0.1) is 5.92 Å². The first-order chi connectivity index (χ1) is 11.5. The van der Waals surface area contributed by atoms with Gasteiger partial charge in [0.25, 0.3) is 0 Å². The molecule has 3 rings (SSSR count). The standard InChI is InChI=1S/C18H24N4O2/c1-12(23)20-14-7-8-16-15(11-14)21-17(22(16)2)9-10-19-18(24)13-5-3-4-6-13/h7-8,11,13H,3-6,9-10H2,1-2H3,(H,19,24)(H,20,23). The number of nitrogens with zero attached hydrogens (tertiary/aromatic N) is 2. The molecule has 0 aliphatic heterocycles. The van der Waals surface area contributed by atoms with Crippen molar-refractivity contribution in [3.05, 3.63) is 24.0 Å².